The van der Waals surface area contributed by atoms with Gasteiger partial charge in [0.15, 0.2) is 9.84 Å². The fourth-order valence-electron chi connectivity index (χ4n) is 3.26. The molecule has 0 saturated carbocycles. The third-order valence-corrected chi connectivity index (χ3v) is 6.79. The molecule has 0 amide bonds. The Morgan fingerprint density at radius 1 is 1.47 bits per heavy atom. The monoisotopic (exact) mass is 300 g/mol. The summed E-state index contributed by atoms with van der Waals surface area (Å²) in [4.78, 5) is 7.05. The first-order valence-electron chi connectivity index (χ1n) is 6.90. The van der Waals surface area contributed by atoms with E-state index in [9.17, 15) is 8.42 Å². The van der Waals surface area contributed by atoms with Gasteiger partial charge in [-0.15, -0.1) is 11.3 Å². The summed E-state index contributed by atoms with van der Waals surface area (Å²) in [7, 11) is -2.76. The standard InChI is InChI=1S/C13H20N2O2S2/c1-10-14-12(8-18-10)13-3-2-5-15(13)7-11-4-6-19(16,17)9-11/h8,11,13H,2-7,9H2,1H3/t11-,13-/m1/s1. The molecule has 2 aliphatic rings. The molecular formula is C13H20N2O2S2. The molecule has 6 heteroatoms. The normalized spacial score (nSPS) is 31.0. The molecular weight excluding hydrogens is 280 g/mol. The number of likely N-dealkylation sites (tertiary alicyclic amines) is 1. The van der Waals surface area contributed by atoms with Crippen LogP contribution in [-0.4, -0.2) is 42.9 Å². The summed E-state index contributed by atoms with van der Waals surface area (Å²) in [5, 5.41) is 3.27. The molecule has 0 bridgehead atoms. The van der Waals surface area contributed by atoms with E-state index in [1.165, 1.54) is 12.1 Å². The molecule has 0 unspecified atom stereocenters. The van der Waals surface area contributed by atoms with Crippen LogP contribution in [0.15, 0.2) is 5.38 Å². The Labute approximate surface area is 118 Å². The van der Waals surface area contributed by atoms with E-state index in [1.807, 2.05) is 6.92 Å². The molecule has 19 heavy (non-hydrogen) atoms. The first kappa shape index (κ1) is 13.5. The van der Waals surface area contributed by atoms with Gasteiger partial charge in [-0.05, 0) is 38.6 Å². The second-order valence-corrected chi connectivity index (χ2v) is 9.00. The molecule has 2 fully saturated rings. The summed E-state index contributed by atoms with van der Waals surface area (Å²) in [5.41, 5.74) is 1.18. The van der Waals surface area contributed by atoms with Crippen molar-refractivity contribution in [2.45, 2.75) is 32.2 Å². The van der Waals surface area contributed by atoms with Gasteiger partial charge in [0.1, 0.15) is 0 Å². The van der Waals surface area contributed by atoms with Crippen molar-refractivity contribution in [3.63, 3.8) is 0 Å². The SMILES string of the molecule is Cc1nc([C@H]2CCCN2C[C@H]2CCS(=O)(=O)C2)cs1. The zero-order chi connectivity index (χ0) is 13.5. The molecule has 0 radical (unpaired) electrons. The number of sulfone groups is 1. The van der Waals surface area contributed by atoms with Crippen molar-refractivity contribution in [2.75, 3.05) is 24.6 Å². The van der Waals surface area contributed by atoms with E-state index in [0.29, 0.717) is 23.5 Å². The van der Waals surface area contributed by atoms with Crippen molar-refractivity contribution < 1.29 is 8.42 Å². The van der Waals surface area contributed by atoms with E-state index >= 15 is 0 Å². The molecule has 1 aromatic heterocycles. The van der Waals surface area contributed by atoms with Crippen LogP contribution < -0.4 is 0 Å². The first-order valence-corrected chi connectivity index (χ1v) is 9.60. The molecule has 2 saturated heterocycles. The van der Waals surface area contributed by atoms with E-state index < -0.39 is 9.84 Å². The highest BCUT2D eigenvalue weighted by atomic mass is 32.2. The predicted molar refractivity (Wildman–Crippen MR) is 77.2 cm³/mol. The summed E-state index contributed by atoms with van der Waals surface area (Å²) in [6.45, 7) is 4.04. The Kier molecular flexibility index (Phi) is 3.66. The largest absolute Gasteiger partial charge is 0.294 e. The molecule has 0 spiro atoms. The van der Waals surface area contributed by atoms with Gasteiger partial charge in [-0.1, -0.05) is 0 Å². The Balaban J connectivity index is 1.67. The van der Waals surface area contributed by atoms with E-state index in [-0.39, 0.29) is 0 Å². The minimum Gasteiger partial charge on any atom is -0.294 e. The topological polar surface area (TPSA) is 50.3 Å². The lowest BCUT2D eigenvalue weighted by Crippen LogP contribution is -2.30. The fourth-order valence-corrected chi connectivity index (χ4v) is 5.77. The Hall–Kier alpha value is -0.460. The number of nitrogens with zero attached hydrogens (tertiary/aromatic N) is 2. The smallest absolute Gasteiger partial charge is 0.150 e. The lowest BCUT2D eigenvalue weighted by atomic mass is 10.1. The molecule has 0 aliphatic carbocycles. The Bertz CT molecular complexity index is 553. The van der Waals surface area contributed by atoms with Crippen LogP contribution in [0.2, 0.25) is 0 Å². The highest BCUT2D eigenvalue weighted by Crippen LogP contribution is 2.34. The van der Waals surface area contributed by atoms with Crippen molar-refractivity contribution in [3.8, 4) is 0 Å². The average Bonchev–Trinajstić information content (AvgIpc) is 3.00. The van der Waals surface area contributed by atoms with Gasteiger partial charge >= 0.3 is 0 Å². The lowest BCUT2D eigenvalue weighted by molar-refractivity contribution is 0.221. The number of aromatic nitrogens is 1. The number of thiazole rings is 1. The summed E-state index contributed by atoms with van der Waals surface area (Å²) in [6.07, 6.45) is 3.19. The quantitative estimate of drug-likeness (QED) is 0.857. The van der Waals surface area contributed by atoms with Gasteiger partial charge in [0.2, 0.25) is 0 Å². The fraction of sp³-hybridized carbons (Fsp3) is 0.769. The van der Waals surface area contributed by atoms with Crippen LogP contribution in [0.5, 0.6) is 0 Å². The highest BCUT2D eigenvalue weighted by molar-refractivity contribution is 7.91. The lowest BCUT2D eigenvalue weighted by Gasteiger charge is -2.25. The molecule has 3 rings (SSSR count). The van der Waals surface area contributed by atoms with E-state index in [2.05, 4.69) is 15.3 Å². The van der Waals surface area contributed by atoms with E-state index in [0.717, 1.165) is 30.9 Å². The van der Waals surface area contributed by atoms with Crippen LogP contribution in [0.4, 0.5) is 0 Å². The van der Waals surface area contributed by atoms with Gasteiger partial charge < -0.3 is 0 Å². The summed E-state index contributed by atoms with van der Waals surface area (Å²) >= 11 is 1.70. The van der Waals surface area contributed by atoms with Crippen LogP contribution in [0, 0.1) is 12.8 Å². The second kappa shape index (κ2) is 5.14. The number of aryl methyl sites for hydroxylation is 1. The van der Waals surface area contributed by atoms with E-state index in [1.54, 1.807) is 11.3 Å². The van der Waals surface area contributed by atoms with Gasteiger partial charge in [0.25, 0.3) is 0 Å². The summed E-state index contributed by atoms with van der Waals surface area (Å²) in [5.74, 6) is 1.09. The zero-order valence-electron chi connectivity index (χ0n) is 11.2. The van der Waals surface area contributed by atoms with Gasteiger partial charge in [-0.25, -0.2) is 13.4 Å². The van der Waals surface area contributed by atoms with Crippen LogP contribution in [0.3, 0.4) is 0 Å². The van der Waals surface area contributed by atoms with Crippen LogP contribution >= 0.6 is 11.3 Å². The Morgan fingerprint density at radius 2 is 2.32 bits per heavy atom. The van der Waals surface area contributed by atoms with Crippen molar-refractivity contribution in [3.05, 3.63) is 16.1 Å². The first-order chi connectivity index (χ1) is 9.03. The predicted octanol–water partition coefficient (Wildman–Crippen LogP) is 2.02. The third kappa shape index (κ3) is 3.01. The molecule has 0 aromatic carbocycles. The molecule has 2 atom stereocenters. The third-order valence-electron chi connectivity index (χ3n) is 4.16. The second-order valence-electron chi connectivity index (χ2n) is 5.71. The molecule has 106 valence electrons. The summed E-state index contributed by atoms with van der Waals surface area (Å²) in [6, 6.07) is 0.410. The summed E-state index contributed by atoms with van der Waals surface area (Å²) < 4.78 is 23.1. The van der Waals surface area contributed by atoms with Crippen molar-refractivity contribution in [1.82, 2.24) is 9.88 Å². The number of hydrogen-bond donors (Lipinski definition) is 0. The average molecular weight is 300 g/mol. The molecule has 2 aliphatic heterocycles. The molecule has 0 N–H and O–H groups in total. The molecule has 4 nitrogen and oxygen atoms in total. The molecule has 1 aromatic rings. The maximum absolute atomic E-state index is 11.5. The van der Waals surface area contributed by atoms with Crippen molar-refractivity contribution in [1.29, 1.82) is 0 Å². The van der Waals surface area contributed by atoms with Crippen molar-refractivity contribution >= 4 is 21.2 Å². The maximum atomic E-state index is 11.5. The Morgan fingerprint density at radius 3 is 2.95 bits per heavy atom. The number of hydrogen-bond acceptors (Lipinski definition) is 5. The van der Waals surface area contributed by atoms with Crippen LogP contribution in [0.25, 0.3) is 0 Å². The minimum atomic E-state index is -2.76. The molecule has 3 heterocycles. The maximum Gasteiger partial charge on any atom is 0.150 e. The minimum absolute atomic E-state index is 0.324. The van der Waals surface area contributed by atoms with Gasteiger partial charge in [-0.2, -0.15) is 0 Å². The van der Waals surface area contributed by atoms with Crippen LogP contribution in [-0.2, 0) is 9.84 Å². The van der Waals surface area contributed by atoms with Crippen molar-refractivity contribution in [2.24, 2.45) is 5.92 Å². The van der Waals surface area contributed by atoms with Crippen LogP contribution in [0.1, 0.15) is 36.0 Å². The van der Waals surface area contributed by atoms with Gasteiger partial charge in [0, 0.05) is 11.9 Å². The van der Waals surface area contributed by atoms with Gasteiger partial charge in [0.05, 0.1) is 28.2 Å². The van der Waals surface area contributed by atoms with Gasteiger partial charge in [-0.3, -0.25) is 4.90 Å². The number of rotatable bonds is 3. The zero-order valence-corrected chi connectivity index (χ0v) is 12.8. The van der Waals surface area contributed by atoms with E-state index in [4.69, 9.17) is 0 Å². The highest BCUT2D eigenvalue weighted by Gasteiger charge is 2.34.